The molecule has 0 bridgehead atoms. The summed E-state index contributed by atoms with van der Waals surface area (Å²) in [5, 5.41) is 18.1. The van der Waals surface area contributed by atoms with Crippen molar-refractivity contribution >= 4 is 27.1 Å². The summed E-state index contributed by atoms with van der Waals surface area (Å²) in [6.45, 7) is 1.77. The second kappa shape index (κ2) is 5.22. The predicted octanol–water partition coefficient (Wildman–Crippen LogP) is -0.130. The summed E-state index contributed by atoms with van der Waals surface area (Å²) in [6, 6.07) is 0. The van der Waals surface area contributed by atoms with Gasteiger partial charge in [0.2, 0.25) is 0 Å². The maximum absolute atomic E-state index is 11.5. The quantitative estimate of drug-likeness (QED) is 0.357. The molecule has 12 heteroatoms. The molecule has 0 saturated carbocycles. The normalized spacial score (nSPS) is 18.1. The predicted molar refractivity (Wildman–Crippen MR) is 65.0 cm³/mol. The van der Waals surface area contributed by atoms with Gasteiger partial charge >= 0.3 is 27.1 Å². The van der Waals surface area contributed by atoms with Crippen LogP contribution in [0.1, 0.15) is 20.8 Å². The number of carboxylic acids is 2. The van der Waals surface area contributed by atoms with Gasteiger partial charge in [0.1, 0.15) is 5.41 Å². The molecule has 0 amide bonds. The number of carboxylic acid groups (broad SMARTS) is 2. The van der Waals surface area contributed by atoms with Gasteiger partial charge < -0.3 is 29.8 Å². The molecule has 20 heavy (non-hydrogen) atoms. The molecule has 0 aromatic heterocycles. The molecule has 0 rings (SSSR count). The van der Waals surface area contributed by atoms with Gasteiger partial charge in [-0.15, -0.1) is 0 Å². The molecule has 118 valence electrons. The fourth-order valence-electron chi connectivity index (χ4n) is 1.82. The lowest BCUT2D eigenvalue weighted by atomic mass is 9.75. The molecule has 2 unspecified atom stereocenters. The third-order valence-corrected chi connectivity index (χ3v) is 8.56. The standard InChI is InChI=1S/C8H16O10P2/c1-4(5(9)10)7(2,6(11)12)8(3,19(13,14)15)20(16,17)18/h4H,1-3H3,(H,9,10)(H,11,12)(H2,13,14,15)(H2,16,17,18). The van der Waals surface area contributed by atoms with Gasteiger partial charge in [0, 0.05) is 0 Å². The molecule has 0 spiro atoms. The Labute approximate surface area is 113 Å². The lowest BCUT2D eigenvalue weighted by molar-refractivity contribution is -0.162. The van der Waals surface area contributed by atoms with Crippen molar-refractivity contribution in [3.05, 3.63) is 0 Å². The van der Waals surface area contributed by atoms with Crippen LogP contribution in [-0.4, -0.2) is 46.6 Å². The average molecular weight is 334 g/mol. The Morgan fingerprint density at radius 2 is 1.25 bits per heavy atom. The largest absolute Gasteiger partial charge is 0.481 e. The molecule has 0 aliphatic heterocycles. The molecule has 0 radical (unpaired) electrons. The van der Waals surface area contributed by atoms with Crippen molar-refractivity contribution in [1.82, 2.24) is 0 Å². The summed E-state index contributed by atoms with van der Waals surface area (Å²) in [6.07, 6.45) is 0. The summed E-state index contributed by atoms with van der Waals surface area (Å²) < 4.78 is 23.0. The van der Waals surface area contributed by atoms with Gasteiger partial charge in [0.25, 0.3) is 0 Å². The van der Waals surface area contributed by atoms with Crippen LogP contribution < -0.4 is 0 Å². The monoisotopic (exact) mass is 334 g/mol. The Morgan fingerprint density at radius 3 is 1.40 bits per heavy atom. The van der Waals surface area contributed by atoms with Crippen molar-refractivity contribution < 1.29 is 48.5 Å². The van der Waals surface area contributed by atoms with E-state index in [-0.39, 0.29) is 0 Å². The second-order valence-corrected chi connectivity index (χ2v) is 8.99. The Kier molecular flexibility index (Phi) is 5.02. The molecular formula is C8H16O10P2. The minimum Gasteiger partial charge on any atom is -0.481 e. The summed E-state index contributed by atoms with van der Waals surface area (Å²) in [5.41, 5.74) is -2.91. The van der Waals surface area contributed by atoms with Crippen LogP contribution in [0.5, 0.6) is 0 Å². The maximum Gasteiger partial charge on any atom is 0.344 e. The molecule has 6 N–H and O–H groups in total. The lowest BCUT2D eigenvalue weighted by Gasteiger charge is -2.44. The van der Waals surface area contributed by atoms with Crippen molar-refractivity contribution in [1.29, 1.82) is 0 Å². The van der Waals surface area contributed by atoms with Gasteiger partial charge in [0.15, 0.2) is 4.90 Å². The van der Waals surface area contributed by atoms with Crippen molar-refractivity contribution in [2.24, 2.45) is 11.3 Å². The third-order valence-electron chi connectivity index (χ3n) is 3.80. The van der Waals surface area contributed by atoms with Gasteiger partial charge in [-0.3, -0.25) is 18.7 Å². The molecule has 0 saturated heterocycles. The van der Waals surface area contributed by atoms with Crippen molar-refractivity contribution in [3.8, 4) is 0 Å². The van der Waals surface area contributed by atoms with E-state index < -0.39 is 43.4 Å². The first-order valence-corrected chi connectivity index (χ1v) is 8.35. The minimum atomic E-state index is -5.69. The Hall–Kier alpha value is -0.760. The molecule has 0 aromatic carbocycles. The summed E-state index contributed by atoms with van der Waals surface area (Å²) in [5.74, 6) is -5.77. The smallest absolute Gasteiger partial charge is 0.344 e. The van der Waals surface area contributed by atoms with E-state index in [1.165, 1.54) is 0 Å². The zero-order valence-electron chi connectivity index (χ0n) is 10.8. The fourth-order valence-corrected chi connectivity index (χ4v) is 4.97. The first-order valence-electron chi connectivity index (χ1n) is 5.12. The van der Waals surface area contributed by atoms with E-state index in [1.54, 1.807) is 0 Å². The number of carbonyl (C=O) groups is 2. The number of rotatable bonds is 6. The van der Waals surface area contributed by atoms with E-state index >= 15 is 0 Å². The van der Waals surface area contributed by atoms with E-state index in [2.05, 4.69) is 0 Å². The number of hydrogen-bond donors (Lipinski definition) is 6. The van der Waals surface area contributed by atoms with Crippen LogP contribution in [0.3, 0.4) is 0 Å². The highest BCUT2D eigenvalue weighted by molar-refractivity contribution is 7.72. The van der Waals surface area contributed by atoms with Crippen molar-refractivity contribution in [3.63, 3.8) is 0 Å². The Balaban J connectivity index is 6.70. The molecular weight excluding hydrogens is 318 g/mol. The summed E-state index contributed by atoms with van der Waals surface area (Å²) in [7, 11) is -11.4. The highest BCUT2D eigenvalue weighted by atomic mass is 31.2. The molecule has 0 heterocycles. The number of aliphatic carboxylic acids is 2. The van der Waals surface area contributed by atoms with Gasteiger partial charge in [-0.25, -0.2) is 0 Å². The average Bonchev–Trinajstić information content (AvgIpc) is 2.21. The zero-order chi connectivity index (χ0) is 16.7. The zero-order valence-corrected chi connectivity index (χ0v) is 12.6. The third kappa shape index (κ3) is 2.55. The fraction of sp³-hybridized carbons (Fsp3) is 0.750. The SMILES string of the molecule is CC(C(=O)O)C(C)(C(=O)O)C(C)(P(=O)(O)O)P(=O)(O)O. The van der Waals surface area contributed by atoms with Crippen LogP contribution >= 0.6 is 15.2 Å². The van der Waals surface area contributed by atoms with Gasteiger partial charge in [-0.05, 0) is 13.8 Å². The topological polar surface area (TPSA) is 190 Å². The van der Waals surface area contributed by atoms with Gasteiger partial charge in [0.05, 0.1) is 5.92 Å². The lowest BCUT2D eigenvalue weighted by Crippen LogP contribution is -2.54. The highest BCUT2D eigenvalue weighted by Crippen LogP contribution is 2.76. The van der Waals surface area contributed by atoms with Crippen LogP contribution in [0.15, 0.2) is 0 Å². The minimum absolute atomic E-state index is 0.377. The molecule has 10 nitrogen and oxygen atoms in total. The molecule has 0 aromatic rings. The maximum atomic E-state index is 11.5. The second-order valence-electron chi connectivity index (χ2n) is 4.68. The Morgan fingerprint density at radius 1 is 0.950 bits per heavy atom. The first kappa shape index (κ1) is 19.2. The van der Waals surface area contributed by atoms with Gasteiger partial charge in [-0.2, -0.15) is 0 Å². The van der Waals surface area contributed by atoms with Crippen LogP contribution in [0.2, 0.25) is 0 Å². The van der Waals surface area contributed by atoms with E-state index in [0.717, 1.165) is 6.92 Å². The van der Waals surface area contributed by atoms with E-state index in [4.69, 9.17) is 10.2 Å². The summed E-state index contributed by atoms with van der Waals surface area (Å²) in [4.78, 5) is 55.9. The number of hydrogen-bond acceptors (Lipinski definition) is 4. The van der Waals surface area contributed by atoms with Crippen LogP contribution in [-0.2, 0) is 18.7 Å². The van der Waals surface area contributed by atoms with E-state index in [1.807, 2.05) is 0 Å². The van der Waals surface area contributed by atoms with E-state index in [9.17, 15) is 38.3 Å². The van der Waals surface area contributed by atoms with Crippen LogP contribution in [0.4, 0.5) is 0 Å². The van der Waals surface area contributed by atoms with Crippen LogP contribution in [0.25, 0.3) is 0 Å². The van der Waals surface area contributed by atoms with Crippen molar-refractivity contribution in [2.45, 2.75) is 25.7 Å². The van der Waals surface area contributed by atoms with Crippen molar-refractivity contribution in [2.75, 3.05) is 0 Å². The Bertz CT molecular complexity index is 493. The molecule has 0 aliphatic carbocycles. The molecule has 0 fully saturated rings. The molecule has 2 atom stereocenters. The molecule has 0 aliphatic rings. The summed E-state index contributed by atoms with van der Waals surface area (Å²) >= 11 is 0. The van der Waals surface area contributed by atoms with Crippen LogP contribution in [0, 0.1) is 11.3 Å². The highest BCUT2D eigenvalue weighted by Gasteiger charge is 2.72. The van der Waals surface area contributed by atoms with E-state index in [0.29, 0.717) is 13.8 Å². The first-order chi connectivity index (χ1) is 8.55. The van der Waals surface area contributed by atoms with Gasteiger partial charge in [-0.1, -0.05) is 6.92 Å².